The van der Waals surface area contributed by atoms with Crippen LogP contribution in [-0.4, -0.2) is 33.1 Å². The van der Waals surface area contributed by atoms with Crippen molar-refractivity contribution in [3.8, 4) is 0 Å². The maximum atomic E-state index is 11.1. The monoisotopic (exact) mass is 328 g/mol. The summed E-state index contributed by atoms with van der Waals surface area (Å²) in [6.45, 7) is 5.88. The normalized spacial score (nSPS) is 11.2. The first-order chi connectivity index (χ1) is 9.06. The fraction of sp³-hybridized carbons (Fsp3) is 0. The first-order valence-corrected chi connectivity index (χ1v) is 7.14. The minimum Gasteiger partial charge on any atom is -0.268 e. The second-order valence-electron chi connectivity index (χ2n) is 2.67. The first kappa shape index (κ1) is 17.9. The van der Waals surface area contributed by atoms with E-state index < -0.39 is 36.5 Å². The lowest BCUT2D eigenvalue weighted by atomic mass is 10.6. The summed E-state index contributed by atoms with van der Waals surface area (Å²) in [7, 11) is -10.8. The Morgan fingerprint density at radius 3 is 1.35 bits per heavy atom. The average Bonchev–Trinajstić information content (AvgIpc) is 2.41. The standard InChI is InChI=1S/C7H8N2O9S2/c1-3-5(10)8-17-19(13,14)7(12)20(15,16)18-9-6(11)4-2/h3-4H,1-2H2,(H,8,10)(H,9,11). The minimum atomic E-state index is -5.39. The highest BCUT2D eigenvalue weighted by Gasteiger charge is 2.39. The highest BCUT2D eigenvalue weighted by Crippen LogP contribution is 2.05. The molecule has 0 atom stereocenters. The molecule has 0 radical (unpaired) electrons. The van der Waals surface area contributed by atoms with E-state index in [0.29, 0.717) is 12.2 Å². The van der Waals surface area contributed by atoms with Crippen molar-refractivity contribution in [2.45, 2.75) is 0 Å². The molecule has 13 heteroatoms. The predicted molar refractivity (Wildman–Crippen MR) is 62.1 cm³/mol. The van der Waals surface area contributed by atoms with Crippen LogP contribution in [0.3, 0.4) is 0 Å². The van der Waals surface area contributed by atoms with Gasteiger partial charge in [-0.2, -0.15) is 16.8 Å². The quantitative estimate of drug-likeness (QED) is 0.424. The molecule has 0 bridgehead atoms. The van der Waals surface area contributed by atoms with E-state index in [4.69, 9.17) is 0 Å². The van der Waals surface area contributed by atoms with E-state index >= 15 is 0 Å². The second kappa shape index (κ2) is 6.90. The zero-order chi connectivity index (χ0) is 16.0. The maximum Gasteiger partial charge on any atom is 0.417 e. The number of carbonyl (C=O) groups is 3. The molecule has 0 aliphatic carbocycles. The van der Waals surface area contributed by atoms with Crippen LogP contribution in [0.5, 0.6) is 0 Å². The number of hydroxylamine groups is 2. The molecular weight excluding hydrogens is 320 g/mol. The molecule has 0 rings (SSSR count). The molecule has 0 fully saturated rings. The topological polar surface area (TPSA) is 162 Å². The lowest BCUT2D eigenvalue weighted by Crippen LogP contribution is -2.36. The van der Waals surface area contributed by atoms with E-state index in [1.807, 2.05) is 0 Å². The third kappa shape index (κ3) is 5.27. The molecule has 20 heavy (non-hydrogen) atoms. The van der Waals surface area contributed by atoms with Gasteiger partial charge in [-0.15, -0.1) is 8.57 Å². The Morgan fingerprint density at radius 2 is 1.10 bits per heavy atom. The highest BCUT2D eigenvalue weighted by molar-refractivity contribution is 8.27. The zero-order valence-electron chi connectivity index (χ0n) is 9.56. The molecular formula is C7H8N2O9S2. The van der Waals surface area contributed by atoms with Crippen LogP contribution in [0.2, 0.25) is 0 Å². The summed E-state index contributed by atoms with van der Waals surface area (Å²) in [5.41, 5.74) is 2.42. The Morgan fingerprint density at radius 1 is 0.800 bits per heavy atom. The van der Waals surface area contributed by atoms with Crippen LogP contribution in [-0.2, 0) is 38.4 Å². The minimum absolute atomic E-state index is 0.593. The maximum absolute atomic E-state index is 11.1. The van der Waals surface area contributed by atoms with E-state index in [9.17, 15) is 31.2 Å². The Bertz CT molecular complexity index is 590. The molecule has 0 unspecified atom stereocenters. The Labute approximate surface area is 113 Å². The van der Waals surface area contributed by atoms with Gasteiger partial charge in [-0.05, 0) is 12.2 Å². The second-order valence-corrected chi connectivity index (χ2v) is 5.82. The van der Waals surface area contributed by atoms with Crippen molar-refractivity contribution < 1.29 is 39.8 Å². The fourth-order valence-electron chi connectivity index (χ4n) is 0.468. The van der Waals surface area contributed by atoms with Gasteiger partial charge in [0.2, 0.25) is 0 Å². The number of rotatable bonds is 6. The lowest BCUT2D eigenvalue weighted by Gasteiger charge is -2.05. The molecule has 0 saturated carbocycles. The third-order valence-electron chi connectivity index (χ3n) is 1.28. The van der Waals surface area contributed by atoms with Gasteiger partial charge in [0.15, 0.2) is 0 Å². The zero-order valence-corrected chi connectivity index (χ0v) is 11.2. The van der Waals surface area contributed by atoms with Crippen LogP contribution < -0.4 is 11.0 Å². The molecule has 11 nitrogen and oxygen atoms in total. The van der Waals surface area contributed by atoms with E-state index in [0.717, 1.165) is 0 Å². The number of hydrogen-bond acceptors (Lipinski definition) is 9. The Balaban J connectivity index is 4.94. The molecule has 2 N–H and O–H groups in total. The Kier molecular flexibility index (Phi) is 6.18. The molecule has 112 valence electrons. The molecule has 0 saturated heterocycles. The fourth-order valence-corrected chi connectivity index (χ4v) is 2.19. The molecule has 0 aliphatic heterocycles. The Hall–Kier alpha value is -2.09. The molecule has 0 heterocycles. The van der Waals surface area contributed by atoms with Crippen molar-refractivity contribution in [3.63, 3.8) is 0 Å². The largest absolute Gasteiger partial charge is 0.417 e. The summed E-state index contributed by atoms with van der Waals surface area (Å²) >= 11 is 0. The van der Waals surface area contributed by atoms with Crippen LogP contribution >= 0.6 is 0 Å². The van der Waals surface area contributed by atoms with Crippen molar-refractivity contribution in [2.24, 2.45) is 0 Å². The van der Waals surface area contributed by atoms with Gasteiger partial charge in [0.1, 0.15) is 0 Å². The average molecular weight is 328 g/mol. The van der Waals surface area contributed by atoms with Gasteiger partial charge < -0.3 is 0 Å². The summed E-state index contributed by atoms with van der Waals surface area (Å²) in [5.74, 6) is -2.31. The number of nitrogens with one attached hydrogen (secondary N) is 2. The van der Waals surface area contributed by atoms with E-state index in [1.54, 1.807) is 0 Å². The summed E-state index contributed by atoms with van der Waals surface area (Å²) in [4.78, 5) is 32.3. The van der Waals surface area contributed by atoms with Crippen molar-refractivity contribution in [2.75, 3.05) is 0 Å². The first-order valence-electron chi connectivity index (χ1n) is 4.32. The number of amides is 2. The smallest absolute Gasteiger partial charge is 0.268 e. The summed E-state index contributed by atoms with van der Waals surface area (Å²) in [5, 5.41) is 0. The van der Waals surface area contributed by atoms with Gasteiger partial charge in [0.05, 0.1) is 0 Å². The van der Waals surface area contributed by atoms with Crippen LogP contribution in [0, 0.1) is 0 Å². The van der Waals surface area contributed by atoms with Gasteiger partial charge in [0.25, 0.3) is 11.8 Å². The van der Waals surface area contributed by atoms with Gasteiger partial charge in [-0.3, -0.25) is 14.4 Å². The van der Waals surface area contributed by atoms with Crippen LogP contribution in [0.1, 0.15) is 0 Å². The van der Waals surface area contributed by atoms with E-state index in [-0.39, 0.29) is 0 Å². The van der Waals surface area contributed by atoms with Crippen LogP contribution in [0.25, 0.3) is 0 Å². The predicted octanol–water partition coefficient (Wildman–Crippen LogP) is -1.77. The van der Waals surface area contributed by atoms with Gasteiger partial charge in [-0.1, -0.05) is 13.2 Å². The molecule has 0 aliphatic rings. The van der Waals surface area contributed by atoms with Gasteiger partial charge >= 0.3 is 24.7 Å². The van der Waals surface area contributed by atoms with Crippen LogP contribution in [0.15, 0.2) is 25.3 Å². The van der Waals surface area contributed by atoms with Gasteiger partial charge in [0, 0.05) is 0 Å². The van der Waals surface area contributed by atoms with E-state index in [2.05, 4.69) is 21.7 Å². The molecule has 0 aromatic carbocycles. The SMILES string of the molecule is C=CC(=O)NOS(=O)(=O)C(=O)S(=O)(=O)ONC(=O)C=C. The molecule has 0 aromatic heterocycles. The van der Waals surface area contributed by atoms with E-state index in [1.165, 1.54) is 11.0 Å². The van der Waals surface area contributed by atoms with Crippen molar-refractivity contribution >= 4 is 36.5 Å². The number of carbonyl (C=O) groups excluding carboxylic acids is 3. The lowest BCUT2D eigenvalue weighted by molar-refractivity contribution is -0.123. The third-order valence-corrected chi connectivity index (χ3v) is 3.93. The summed E-state index contributed by atoms with van der Waals surface area (Å²) in [6.07, 6.45) is 1.19. The number of hydrogen-bond donors (Lipinski definition) is 2. The van der Waals surface area contributed by atoms with Crippen molar-refractivity contribution in [1.82, 2.24) is 11.0 Å². The summed E-state index contributed by atoms with van der Waals surface area (Å²) in [6, 6.07) is 0. The van der Waals surface area contributed by atoms with Crippen LogP contribution in [0.4, 0.5) is 4.79 Å². The molecule has 0 aromatic rings. The molecule has 2 amide bonds. The van der Waals surface area contributed by atoms with Gasteiger partial charge in [-0.25, -0.2) is 11.0 Å². The highest BCUT2D eigenvalue weighted by atomic mass is 32.3. The van der Waals surface area contributed by atoms with Crippen molar-refractivity contribution in [3.05, 3.63) is 25.3 Å². The van der Waals surface area contributed by atoms with Crippen molar-refractivity contribution in [1.29, 1.82) is 0 Å². The summed E-state index contributed by atoms with van der Waals surface area (Å²) < 4.78 is 49.1. The molecule has 0 spiro atoms.